The molecule has 0 bridgehead atoms. The predicted molar refractivity (Wildman–Crippen MR) is 131 cm³/mol. The highest BCUT2D eigenvalue weighted by Gasteiger charge is 2.69. The fourth-order valence-corrected chi connectivity index (χ4v) is 10.5. The molecule has 5 aliphatic rings. The smallest absolute Gasteiger partial charge is 0.138 e. The van der Waals surface area contributed by atoms with Crippen molar-refractivity contribution in [1.82, 2.24) is 0 Å². The number of carbonyl (C=O) groups excluding carboxylic acids is 1. The first kappa shape index (κ1) is 23.1. The number of fused-ring (bicyclic) bond motifs is 7. The highest BCUT2D eigenvalue weighted by atomic mass is 16.3. The van der Waals surface area contributed by atoms with Gasteiger partial charge in [-0.25, -0.2) is 0 Å². The lowest BCUT2D eigenvalue weighted by molar-refractivity contribution is -0.218. The molecule has 0 aliphatic heterocycles. The zero-order valence-corrected chi connectivity index (χ0v) is 22.1. The van der Waals surface area contributed by atoms with Gasteiger partial charge in [0.25, 0.3) is 0 Å². The van der Waals surface area contributed by atoms with Crippen molar-refractivity contribution in [1.29, 1.82) is 0 Å². The molecule has 5 rings (SSSR count). The van der Waals surface area contributed by atoms with Crippen molar-refractivity contribution in [3.8, 4) is 0 Å². The van der Waals surface area contributed by atoms with Crippen molar-refractivity contribution in [2.45, 2.75) is 119 Å². The number of carbonyl (C=O) groups is 1. The molecule has 0 heterocycles. The quantitative estimate of drug-likeness (QED) is 0.400. The van der Waals surface area contributed by atoms with Gasteiger partial charge in [-0.15, -0.1) is 0 Å². The van der Waals surface area contributed by atoms with Crippen molar-refractivity contribution >= 4 is 5.78 Å². The van der Waals surface area contributed by atoms with Crippen LogP contribution >= 0.6 is 0 Å². The number of Topliss-reactive ketones (excluding diaryl/α,β-unsaturated/α-hetero) is 1. The lowest BCUT2D eigenvalue weighted by Crippen LogP contribution is -2.67. The van der Waals surface area contributed by atoms with E-state index in [9.17, 15) is 9.90 Å². The van der Waals surface area contributed by atoms with Gasteiger partial charge in [-0.3, -0.25) is 4.79 Å². The third-order valence-corrected chi connectivity index (χ3v) is 12.7. The molecule has 0 aromatic heterocycles. The van der Waals surface area contributed by atoms with Crippen LogP contribution in [-0.4, -0.2) is 17.0 Å². The molecule has 8 atom stereocenters. The lowest BCUT2D eigenvalue weighted by atomic mass is 9.33. The van der Waals surface area contributed by atoms with E-state index in [1.807, 2.05) is 0 Å². The normalized spacial score (nSPS) is 53.9. The van der Waals surface area contributed by atoms with Gasteiger partial charge in [0.15, 0.2) is 0 Å². The minimum Gasteiger partial charge on any atom is -0.393 e. The molecule has 0 radical (unpaired) electrons. The Hall–Kier alpha value is -0.630. The van der Waals surface area contributed by atoms with Crippen LogP contribution in [-0.2, 0) is 4.79 Å². The fourth-order valence-electron chi connectivity index (χ4n) is 10.5. The van der Waals surface area contributed by atoms with Gasteiger partial charge in [-0.05, 0) is 90.3 Å². The fraction of sp³-hybridized carbons (Fsp3) is 0.900. The van der Waals surface area contributed by atoms with Gasteiger partial charge in [0, 0.05) is 17.8 Å². The van der Waals surface area contributed by atoms with E-state index in [0.29, 0.717) is 34.9 Å². The Morgan fingerprint density at radius 2 is 1.53 bits per heavy atom. The monoisotopic (exact) mass is 440 g/mol. The Morgan fingerprint density at radius 3 is 2.22 bits per heavy atom. The predicted octanol–water partition coefficient (Wildman–Crippen LogP) is 7.35. The van der Waals surface area contributed by atoms with E-state index >= 15 is 0 Å². The van der Waals surface area contributed by atoms with Crippen LogP contribution in [0.15, 0.2) is 11.6 Å². The maximum atomic E-state index is 12.9. The molecule has 0 spiro atoms. The van der Waals surface area contributed by atoms with Gasteiger partial charge < -0.3 is 5.11 Å². The van der Waals surface area contributed by atoms with E-state index in [2.05, 4.69) is 61.5 Å². The molecule has 0 aromatic rings. The second-order valence-corrected chi connectivity index (χ2v) is 15.2. The molecule has 32 heavy (non-hydrogen) atoms. The maximum Gasteiger partial charge on any atom is 0.138 e. The molecule has 5 aliphatic carbocycles. The summed E-state index contributed by atoms with van der Waals surface area (Å²) in [5, 5.41) is 11.7. The summed E-state index contributed by atoms with van der Waals surface area (Å²) in [7, 11) is 0. The summed E-state index contributed by atoms with van der Waals surface area (Å²) in [6.45, 7) is 19.3. The van der Waals surface area contributed by atoms with Crippen LogP contribution in [0, 0.1) is 50.2 Å². The largest absolute Gasteiger partial charge is 0.393 e. The van der Waals surface area contributed by atoms with Crippen molar-refractivity contribution in [2.75, 3.05) is 0 Å². The average Bonchev–Trinajstić information content (AvgIpc) is 2.67. The van der Waals surface area contributed by atoms with Gasteiger partial charge in [-0.2, -0.15) is 0 Å². The second-order valence-electron chi connectivity index (χ2n) is 15.2. The molecule has 2 heteroatoms. The van der Waals surface area contributed by atoms with Crippen LogP contribution in [0.2, 0.25) is 0 Å². The molecule has 0 unspecified atom stereocenters. The number of hydrogen-bond acceptors (Lipinski definition) is 2. The minimum atomic E-state index is -0.419. The van der Waals surface area contributed by atoms with Crippen molar-refractivity contribution in [3.63, 3.8) is 0 Å². The first-order valence-electron chi connectivity index (χ1n) is 13.5. The minimum absolute atomic E-state index is 0.0292. The number of allylic oxidation sites excluding steroid dienone is 2. The Labute approximate surface area is 197 Å². The van der Waals surface area contributed by atoms with Crippen molar-refractivity contribution < 1.29 is 9.90 Å². The summed E-state index contributed by atoms with van der Waals surface area (Å²) in [6.07, 6.45) is 12.5. The summed E-state index contributed by atoms with van der Waals surface area (Å²) in [5.74, 6) is 1.68. The molecular formula is C30H48O2. The van der Waals surface area contributed by atoms with Gasteiger partial charge >= 0.3 is 0 Å². The Bertz CT molecular complexity index is 866. The van der Waals surface area contributed by atoms with Crippen LogP contribution in [0.1, 0.15) is 113 Å². The van der Waals surface area contributed by atoms with E-state index < -0.39 is 5.41 Å². The zero-order chi connectivity index (χ0) is 23.5. The van der Waals surface area contributed by atoms with Gasteiger partial charge in [-0.1, -0.05) is 67.0 Å². The third-order valence-electron chi connectivity index (χ3n) is 12.7. The molecule has 1 N–H and O–H groups in total. The van der Waals surface area contributed by atoms with Gasteiger partial charge in [0.05, 0.1) is 6.10 Å². The SMILES string of the molecule is CC1(C)CC[C@]2(C)CC[C@]3(C)C(=CC[C@@H]4[C@@]5(C)CCC(=O)C(C)(C)[C@@H]5[C@@H](O)C[C@]43C)[C@@H]2C1. The summed E-state index contributed by atoms with van der Waals surface area (Å²) < 4.78 is 0. The number of aliphatic hydroxyl groups excluding tert-OH is 1. The molecule has 4 saturated carbocycles. The molecule has 0 saturated heterocycles. The third kappa shape index (κ3) is 2.71. The highest BCUT2D eigenvalue weighted by molar-refractivity contribution is 5.85. The van der Waals surface area contributed by atoms with E-state index in [1.54, 1.807) is 5.57 Å². The molecule has 0 amide bonds. The summed E-state index contributed by atoms with van der Waals surface area (Å²) in [6, 6.07) is 0. The summed E-state index contributed by atoms with van der Waals surface area (Å²) >= 11 is 0. The molecular weight excluding hydrogens is 392 g/mol. The van der Waals surface area contributed by atoms with Crippen LogP contribution in [0.5, 0.6) is 0 Å². The standard InChI is InChI=1S/C30H48O2/c1-25(2)13-14-27(5)15-16-29(7)19(20(27)17-25)9-10-22-28(6)12-11-23(32)26(3,4)24(28)21(31)18-30(22,29)8/h9,20-22,24,31H,10-18H2,1-8H3/t20-,21-,22+,24-,27+,28+,29+,30+/m0/s1. The highest BCUT2D eigenvalue weighted by Crippen LogP contribution is 2.75. The van der Waals surface area contributed by atoms with Crippen LogP contribution in [0.3, 0.4) is 0 Å². The summed E-state index contributed by atoms with van der Waals surface area (Å²) in [5.41, 5.74) is 2.49. The molecule has 2 nitrogen and oxygen atoms in total. The van der Waals surface area contributed by atoms with Crippen LogP contribution in [0.4, 0.5) is 0 Å². The molecule has 0 aromatic carbocycles. The average molecular weight is 441 g/mol. The topological polar surface area (TPSA) is 37.3 Å². The second kappa shape index (κ2) is 6.52. The Kier molecular flexibility index (Phi) is 4.71. The Morgan fingerprint density at radius 1 is 0.875 bits per heavy atom. The first-order chi connectivity index (χ1) is 14.6. The maximum absolute atomic E-state index is 12.9. The number of rotatable bonds is 0. The van der Waals surface area contributed by atoms with Gasteiger partial charge in [0.1, 0.15) is 5.78 Å². The van der Waals surface area contributed by atoms with E-state index in [4.69, 9.17) is 0 Å². The first-order valence-corrected chi connectivity index (χ1v) is 13.5. The van der Waals surface area contributed by atoms with Gasteiger partial charge in [0.2, 0.25) is 0 Å². The van der Waals surface area contributed by atoms with Crippen molar-refractivity contribution in [2.24, 2.45) is 50.2 Å². The molecule has 4 fully saturated rings. The van der Waals surface area contributed by atoms with Crippen LogP contribution in [0.25, 0.3) is 0 Å². The Balaban J connectivity index is 1.61. The number of aliphatic hydroxyl groups is 1. The summed E-state index contributed by atoms with van der Waals surface area (Å²) in [4.78, 5) is 12.9. The van der Waals surface area contributed by atoms with Crippen molar-refractivity contribution in [3.05, 3.63) is 11.6 Å². The van der Waals surface area contributed by atoms with Crippen LogP contribution < -0.4 is 0 Å². The number of ketones is 1. The number of hydrogen-bond donors (Lipinski definition) is 1. The zero-order valence-electron chi connectivity index (χ0n) is 22.1. The molecule has 180 valence electrons. The van der Waals surface area contributed by atoms with E-state index in [-0.39, 0.29) is 28.3 Å². The van der Waals surface area contributed by atoms with E-state index in [1.165, 1.54) is 32.1 Å². The lowest BCUT2D eigenvalue weighted by Gasteiger charge is -2.71. The van der Waals surface area contributed by atoms with E-state index in [0.717, 1.165) is 19.3 Å².